The Morgan fingerprint density at radius 3 is 2.44 bits per heavy atom. The second kappa shape index (κ2) is 10.7. The summed E-state index contributed by atoms with van der Waals surface area (Å²) < 4.78 is 85.3. The first-order chi connectivity index (χ1) is 21.4. The monoisotopic (exact) mass is 625 g/mol. The van der Waals surface area contributed by atoms with Gasteiger partial charge in [-0.05, 0) is 29.3 Å². The van der Waals surface area contributed by atoms with Crippen molar-refractivity contribution in [3.8, 4) is 6.07 Å². The Bertz CT molecular complexity index is 1970. The number of benzene rings is 3. The van der Waals surface area contributed by atoms with Crippen molar-refractivity contribution in [2.45, 2.75) is 30.3 Å². The van der Waals surface area contributed by atoms with E-state index in [2.05, 4.69) is 10.3 Å². The molecule has 0 aliphatic carbocycles. The minimum Gasteiger partial charge on any atom is -0.348 e. The zero-order valence-corrected chi connectivity index (χ0v) is 23.2. The predicted molar refractivity (Wildman–Crippen MR) is 147 cm³/mol. The van der Waals surface area contributed by atoms with Gasteiger partial charge in [0.05, 0.1) is 17.0 Å². The van der Waals surface area contributed by atoms with Gasteiger partial charge in [-0.2, -0.15) is 5.26 Å². The summed E-state index contributed by atoms with van der Waals surface area (Å²) in [6, 6.07) is 7.82. The number of amides is 3. The number of para-hydroxylation sites is 1. The predicted octanol–water partition coefficient (Wildman–Crippen LogP) is 4.70. The fourth-order valence-corrected chi connectivity index (χ4v) is 6.13. The van der Waals surface area contributed by atoms with Crippen LogP contribution in [0.1, 0.15) is 28.0 Å². The van der Waals surface area contributed by atoms with E-state index in [1.807, 2.05) is 6.07 Å². The molecule has 2 N–H and O–H groups in total. The lowest BCUT2D eigenvalue weighted by atomic mass is 9.80. The van der Waals surface area contributed by atoms with Gasteiger partial charge in [-0.3, -0.25) is 14.4 Å². The van der Waals surface area contributed by atoms with Crippen molar-refractivity contribution >= 4 is 34.3 Å². The highest BCUT2D eigenvalue weighted by molar-refractivity contribution is 6.07. The molecule has 14 heteroatoms. The molecule has 6 rings (SSSR count). The molecular formula is C31H21F6N5O3. The molecule has 0 unspecified atom stereocenters. The number of likely N-dealkylation sites (tertiary alicyclic amines) is 1. The van der Waals surface area contributed by atoms with Crippen LogP contribution in [-0.2, 0) is 21.4 Å². The summed E-state index contributed by atoms with van der Waals surface area (Å²) in [5.41, 5.74) is -1.89. The van der Waals surface area contributed by atoms with Gasteiger partial charge < -0.3 is 20.1 Å². The van der Waals surface area contributed by atoms with Gasteiger partial charge in [-0.1, -0.05) is 18.2 Å². The molecule has 3 atom stereocenters. The quantitative estimate of drug-likeness (QED) is 0.248. The molecule has 230 valence electrons. The molecule has 0 saturated carbocycles. The maximum atomic E-state index is 14.8. The van der Waals surface area contributed by atoms with E-state index in [0.717, 1.165) is 22.9 Å². The van der Waals surface area contributed by atoms with Crippen molar-refractivity contribution in [2.24, 2.45) is 0 Å². The highest BCUT2D eigenvalue weighted by atomic mass is 19.2. The summed E-state index contributed by atoms with van der Waals surface area (Å²) in [5.74, 6) is -10.7. The number of nitrogens with zero attached hydrogens (tertiary/aromatic N) is 3. The summed E-state index contributed by atoms with van der Waals surface area (Å²) in [6.07, 6.45) is -0.819. The van der Waals surface area contributed by atoms with Crippen LogP contribution in [0.15, 0.2) is 48.5 Å². The number of hydrogen-bond donors (Lipinski definition) is 2. The average molecular weight is 626 g/mol. The standard InChI is InChI=1S/C31H21F6N5O3/c1-41(28(43)24-8-16-19(33)10-22(36)26(37)27(16)39-24)25(7-14-6-20(34)21(35)9-18(14)32)29(44)42-13-31(11-15(42)12-38)17-4-2-3-5-23(17)40-30(31)45/h2-6,8-10,15,25,39H,7,11,13H2,1H3,(H,40,45)/t15-,25-,31-/m0/s1. The normalized spacial score (nSPS) is 19.5. The molecule has 1 spiro atoms. The number of carbonyl (C=O) groups excluding carboxylic acids is 3. The van der Waals surface area contributed by atoms with Crippen LogP contribution in [0.25, 0.3) is 10.9 Å². The highest BCUT2D eigenvalue weighted by Crippen LogP contribution is 2.46. The smallest absolute Gasteiger partial charge is 0.270 e. The van der Waals surface area contributed by atoms with Gasteiger partial charge in [-0.15, -0.1) is 0 Å². The van der Waals surface area contributed by atoms with Crippen LogP contribution in [0.5, 0.6) is 0 Å². The number of nitriles is 1. The first-order valence-corrected chi connectivity index (χ1v) is 13.5. The number of aromatic amines is 1. The van der Waals surface area contributed by atoms with E-state index in [0.29, 0.717) is 23.4 Å². The first kappa shape index (κ1) is 29.7. The first-order valence-electron chi connectivity index (χ1n) is 13.5. The van der Waals surface area contributed by atoms with Gasteiger partial charge >= 0.3 is 0 Å². The number of halogens is 6. The van der Waals surface area contributed by atoms with E-state index in [-0.39, 0.29) is 19.0 Å². The number of fused-ring (bicyclic) bond motifs is 3. The number of anilines is 1. The number of aromatic nitrogens is 1. The SMILES string of the molecule is CN(C(=O)c1cc2c(F)cc(F)c(F)c2[nH]1)[C@@H](Cc1cc(F)c(F)cc1F)C(=O)N1C[C@]2(C[C@H]1C#N)C(=O)Nc1ccccc12. The zero-order valence-electron chi connectivity index (χ0n) is 23.2. The summed E-state index contributed by atoms with van der Waals surface area (Å²) in [7, 11) is 1.10. The second-order valence-electron chi connectivity index (χ2n) is 11.0. The Morgan fingerprint density at radius 1 is 1.02 bits per heavy atom. The maximum absolute atomic E-state index is 14.8. The number of rotatable bonds is 5. The molecule has 0 radical (unpaired) electrons. The van der Waals surface area contributed by atoms with Gasteiger partial charge in [-0.25, -0.2) is 26.3 Å². The third kappa shape index (κ3) is 4.66. The maximum Gasteiger partial charge on any atom is 0.270 e. The molecule has 45 heavy (non-hydrogen) atoms. The second-order valence-corrected chi connectivity index (χ2v) is 11.0. The third-order valence-corrected chi connectivity index (χ3v) is 8.48. The molecule has 3 aromatic carbocycles. The lowest BCUT2D eigenvalue weighted by Gasteiger charge is -2.32. The molecule has 1 fully saturated rings. The van der Waals surface area contributed by atoms with Crippen molar-refractivity contribution in [3.05, 3.63) is 100 Å². The molecule has 3 heterocycles. The molecule has 8 nitrogen and oxygen atoms in total. The van der Waals surface area contributed by atoms with Crippen molar-refractivity contribution in [3.63, 3.8) is 0 Å². The number of H-pyrrole nitrogens is 1. The minimum atomic E-state index is -1.69. The molecule has 1 saturated heterocycles. The molecular weight excluding hydrogens is 604 g/mol. The van der Waals surface area contributed by atoms with Crippen molar-refractivity contribution < 1.29 is 40.7 Å². The summed E-state index contributed by atoms with van der Waals surface area (Å²) in [6.45, 7) is -0.298. The van der Waals surface area contributed by atoms with Gasteiger partial charge in [0.15, 0.2) is 23.3 Å². The summed E-state index contributed by atoms with van der Waals surface area (Å²) in [4.78, 5) is 45.2. The van der Waals surface area contributed by atoms with Crippen molar-refractivity contribution in [2.75, 3.05) is 18.9 Å². The van der Waals surface area contributed by atoms with E-state index in [4.69, 9.17) is 0 Å². The molecule has 0 bridgehead atoms. The zero-order chi connectivity index (χ0) is 32.4. The average Bonchev–Trinajstić information content (AvgIpc) is 3.71. The Labute approximate surface area is 250 Å². The van der Waals surface area contributed by atoms with Crippen LogP contribution >= 0.6 is 0 Å². The lowest BCUT2D eigenvalue weighted by molar-refractivity contribution is -0.136. The van der Waals surface area contributed by atoms with E-state index in [1.54, 1.807) is 24.3 Å². The largest absolute Gasteiger partial charge is 0.348 e. The van der Waals surface area contributed by atoms with Gasteiger partial charge in [0, 0.05) is 49.6 Å². The summed E-state index contributed by atoms with van der Waals surface area (Å²) >= 11 is 0. The van der Waals surface area contributed by atoms with E-state index < -0.39 is 98.7 Å². The number of hydrogen-bond acceptors (Lipinski definition) is 4. The van der Waals surface area contributed by atoms with Gasteiger partial charge in [0.2, 0.25) is 11.8 Å². The van der Waals surface area contributed by atoms with E-state index >= 15 is 0 Å². The highest BCUT2D eigenvalue weighted by Gasteiger charge is 2.56. The fourth-order valence-electron chi connectivity index (χ4n) is 6.13. The number of carbonyl (C=O) groups is 3. The van der Waals surface area contributed by atoms with E-state index in [1.165, 1.54) is 0 Å². The van der Waals surface area contributed by atoms with Crippen LogP contribution in [0.4, 0.5) is 32.0 Å². The van der Waals surface area contributed by atoms with Crippen LogP contribution < -0.4 is 5.32 Å². The topological polar surface area (TPSA) is 109 Å². The number of nitrogens with one attached hydrogen (secondary N) is 2. The minimum absolute atomic E-state index is 0.103. The fraction of sp³-hybridized carbons (Fsp3) is 0.226. The third-order valence-electron chi connectivity index (χ3n) is 8.48. The van der Waals surface area contributed by atoms with Crippen LogP contribution in [0, 0.1) is 46.2 Å². The van der Waals surface area contributed by atoms with Crippen molar-refractivity contribution in [1.82, 2.24) is 14.8 Å². The van der Waals surface area contributed by atoms with Crippen molar-refractivity contribution in [1.29, 1.82) is 5.26 Å². The Balaban J connectivity index is 1.40. The summed E-state index contributed by atoms with van der Waals surface area (Å²) in [5, 5.41) is 12.3. The molecule has 3 amide bonds. The molecule has 1 aromatic heterocycles. The molecule has 2 aliphatic heterocycles. The molecule has 4 aromatic rings. The number of likely N-dealkylation sites (N-methyl/N-ethyl adjacent to an activating group) is 1. The van der Waals surface area contributed by atoms with E-state index in [9.17, 15) is 46.0 Å². The Hall–Kier alpha value is -5.32. The van der Waals surface area contributed by atoms with Gasteiger partial charge in [0.1, 0.15) is 29.4 Å². The Morgan fingerprint density at radius 2 is 1.71 bits per heavy atom. The van der Waals surface area contributed by atoms with Crippen LogP contribution in [0.3, 0.4) is 0 Å². The van der Waals surface area contributed by atoms with Gasteiger partial charge in [0.25, 0.3) is 5.91 Å². The lowest BCUT2D eigenvalue weighted by Crippen LogP contribution is -2.52. The Kier molecular flexibility index (Phi) is 7.06. The molecule has 2 aliphatic rings. The van der Waals surface area contributed by atoms with Crippen LogP contribution in [-0.4, -0.2) is 58.2 Å². The van der Waals surface area contributed by atoms with Crippen LogP contribution in [0.2, 0.25) is 0 Å².